The van der Waals surface area contributed by atoms with Crippen molar-refractivity contribution in [2.75, 3.05) is 0 Å². The summed E-state index contributed by atoms with van der Waals surface area (Å²) >= 11 is 0. The molecule has 0 aliphatic heterocycles. The zero-order valence-corrected chi connectivity index (χ0v) is 11.4. The van der Waals surface area contributed by atoms with E-state index in [1.807, 2.05) is 12.1 Å². The molecular formula is C17H19FN2. The summed E-state index contributed by atoms with van der Waals surface area (Å²) in [5.41, 5.74) is 6.41. The van der Waals surface area contributed by atoms with Crippen LogP contribution in [0.25, 0.3) is 0 Å². The first-order valence-corrected chi connectivity index (χ1v) is 7.05. The quantitative estimate of drug-likeness (QED) is 0.647. The molecule has 0 radical (unpaired) electrons. The van der Waals surface area contributed by atoms with Crippen LogP contribution in [0.1, 0.15) is 29.0 Å². The first kappa shape index (κ1) is 13.3. The van der Waals surface area contributed by atoms with Crippen molar-refractivity contribution in [1.82, 2.24) is 5.43 Å². The first-order valence-electron chi connectivity index (χ1n) is 7.05. The summed E-state index contributed by atoms with van der Waals surface area (Å²) in [5, 5.41) is 0. The average Bonchev–Trinajstić information content (AvgIpc) is 2.45. The van der Waals surface area contributed by atoms with E-state index in [1.165, 1.54) is 17.2 Å². The molecule has 3 heteroatoms. The lowest BCUT2D eigenvalue weighted by Crippen LogP contribution is -2.39. The van der Waals surface area contributed by atoms with Gasteiger partial charge in [0.2, 0.25) is 0 Å². The van der Waals surface area contributed by atoms with Gasteiger partial charge < -0.3 is 0 Å². The number of rotatable bonds is 5. The Kier molecular flexibility index (Phi) is 3.81. The van der Waals surface area contributed by atoms with Gasteiger partial charge in [-0.2, -0.15) is 0 Å². The Labute approximate surface area is 118 Å². The van der Waals surface area contributed by atoms with E-state index in [4.69, 9.17) is 5.84 Å². The molecule has 2 nitrogen and oxygen atoms in total. The standard InChI is InChI=1S/C17H19FN2/c18-17-8-4-2-6-13(17)10-15(20-19)11-14-9-12-5-1-3-7-16(12)14/h1-8,14-15,20H,9-11,19H2. The van der Waals surface area contributed by atoms with Gasteiger partial charge in [0, 0.05) is 6.04 Å². The molecule has 1 aliphatic rings. The van der Waals surface area contributed by atoms with Crippen LogP contribution < -0.4 is 11.3 Å². The smallest absolute Gasteiger partial charge is 0.126 e. The topological polar surface area (TPSA) is 38.0 Å². The molecule has 0 fully saturated rings. The van der Waals surface area contributed by atoms with E-state index >= 15 is 0 Å². The van der Waals surface area contributed by atoms with Crippen molar-refractivity contribution in [3.05, 3.63) is 71.0 Å². The van der Waals surface area contributed by atoms with Crippen LogP contribution in [0.5, 0.6) is 0 Å². The van der Waals surface area contributed by atoms with Crippen LogP contribution in [0.2, 0.25) is 0 Å². The van der Waals surface area contributed by atoms with Gasteiger partial charge in [-0.3, -0.25) is 11.3 Å². The lowest BCUT2D eigenvalue weighted by atomic mass is 9.74. The molecule has 104 valence electrons. The SMILES string of the molecule is NNC(Cc1ccccc1F)CC1Cc2ccccc21. The largest absolute Gasteiger partial charge is 0.271 e. The number of nitrogens with one attached hydrogen (secondary N) is 1. The molecule has 3 rings (SSSR count). The number of hydrogen-bond acceptors (Lipinski definition) is 2. The van der Waals surface area contributed by atoms with Gasteiger partial charge in [-0.1, -0.05) is 42.5 Å². The number of halogens is 1. The van der Waals surface area contributed by atoms with Crippen LogP contribution >= 0.6 is 0 Å². The van der Waals surface area contributed by atoms with E-state index in [0.717, 1.165) is 18.4 Å². The minimum Gasteiger partial charge on any atom is -0.271 e. The average molecular weight is 270 g/mol. The summed E-state index contributed by atoms with van der Waals surface area (Å²) < 4.78 is 13.7. The minimum absolute atomic E-state index is 0.102. The third-order valence-electron chi connectivity index (χ3n) is 4.19. The molecule has 2 unspecified atom stereocenters. The summed E-state index contributed by atoms with van der Waals surface area (Å²) in [5.74, 6) is 6.03. The lowest BCUT2D eigenvalue weighted by molar-refractivity contribution is 0.417. The van der Waals surface area contributed by atoms with Crippen LogP contribution in [-0.4, -0.2) is 6.04 Å². The number of hydrogen-bond donors (Lipinski definition) is 2. The van der Waals surface area contributed by atoms with E-state index in [0.29, 0.717) is 12.3 Å². The van der Waals surface area contributed by atoms with Crippen molar-refractivity contribution in [1.29, 1.82) is 0 Å². The van der Waals surface area contributed by atoms with Crippen LogP contribution in [0.15, 0.2) is 48.5 Å². The van der Waals surface area contributed by atoms with E-state index in [1.54, 1.807) is 6.07 Å². The molecule has 0 saturated carbocycles. The highest BCUT2D eigenvalue weighted by molar-refractivity contribution is 5.40. The highest BCUT2D eigenvalue weighted by Crippen LogP contribution is 2.38. The Bertz CT molecular complexity index is 597. The Morgan fingerprint density at radius 3 is 2.65 bits per heavy atom. The zero-order chi connectivity index (χ0) is 13.9. The molecule has 0 bridgehead atoms. The van der Waals surface area contributed by atoms with Crippen LogP contribution in [-0.2, 0) is 12.8 Å². The molecule has 0 amide bonds. The molecule has 3 N–H and O–H groups in total. The second kappa shape index (κ2) is 5.73. The number of benzene rings is 2. The lowest BCUT2D eigenvalue weighted by Gasteiger charge is -2.33. The second-order valence-corrected chi connectivity index (χ2v) is 5.49. The summed E-state index contributed by atoms with van der Waals surface area (Å²) in [6.07, 6.45) is 2.68. The summed E-state index contributed by atoms with van der Waals surface area (Å²) in [4.78, 5) is 0. The van der Waals surface area contributed by atoms with Crippen molar-refractivity contribution >= 4 is 0 Å². The monoisotopic (exact) mass is 270 g/mol. The van der Waals surface area contributed by atoms with Crippen LogP contribution in [0.4, 0.5) is 4.39 Å². The Morgan fingerprint density at radius 1 is 1.15 bits per heavy atom. The summed E-state index contributed by atoms with van der Waals surface area (Å²) in [7, 11) is 0. The molecule has 0 spiro atoms. The molecular weight excluding hydrogens is 251 g/mol. The fourth-order valence-corrected chi connectivity index (χ4v) is 3.06. The van der Waals surface area contributed by atoms with Gasteiger partial charge in [-0.05, 0) is 47.9 Å². The third kappa shape index (κ3) is 2.60. The highest BCUT2D eigenvalue weighted by Gasteiger charge is 2.28. The number of fused-ring (bicyclic) bond motifs is 1. The number of hydrazine groups is 1. The predicted octanol–water partition coefficient (Wildman–Crippen LogP) is 2.93. The summed E-state index contributed by atoms with van der Waals surface area (Å²) in [6.45, 7) is 0. The zero-order valence-electron chi connectivity index (χ0n) is 11.4. The molecule has 0 heterocycles. The highest BCUT2D eigenvalue weighted by atomic mass is 19.1. The van der Waals surface area contributed by atoms with Gasteiger partial charge in [0.1, 0.15) is 5.82 Å². The van der Waals surface area contributed by atoms with Crippen molar-refractivity contribution in [2.45, 2.75) is 31.2 Å². The normalized spacial score (nSPS) is 18.2. The maximum absolute atomic E-state index is 13.7. The first-order chi connectivity index (χ1) is 9.78. The Hall–Kier alpha value is -1.71. The Balaban J connectivity index is 1.66. The van der Waals surface area contributed by atoms with Gasteiger partial charge in [0.25, 0.3) is 0 Å². The molecule has 2 aromatic rings. The van der Waals surface area contributed by atoms with Gasteiger partial charge in [-0.25, -0.2) is 4.39 Å². The minimum atomic E-state index is -0.151. The number of nitrogens with two attached hydrogens (primary N) is 1. The van der Waals surface area contributed by atoms with Crippen LogP contribution in [0.3, 0.4) is 0 Å². The molecule has 1 aliphatic carbocycles. The molecule has 0 aromatic heterocycles. The molecule has 2 aromatic carbocycles. The fraction of sp³-hybridized carbons (Fsp3) is 0.294. The van der Waals surface area contributed by atoms with E-state index in [9.17, 15) is 4.39 Å². The predicted molar refractivity (Wildman–Crippen MR) is 78.7 cm³/mol. The molecule has 0 saturated heterocycles. The van der Waals surface area contributed by atoms with E-state index in [-0.39, 0.29) is 11.9 Å². The fourth-order valence-electron chi connectivity index (χ4n) is 3.06. The molecule has 20 heavy (non-hydrogen) atoms. The van der Waals surface area contributed by atoms with Crippen LogP contribution in [0, 0.1) is 5.82 Å². The van der Waals surface area contributed by atoms with E-state index < -0.39 is 0 Å². The van der Waals surface area contributed by atoms with Gasteiger partial charge in [-0.15, -0.1) is 0 Å². The van der Waals surface area contributed by atoms with E-state index in [2.05, 4.69) is 29.7 Å². The maximum atomic E-state index is 13.7. The van der Waals surface area contributed by atoms with Gasteiger partial charge in [0.15, 0.2) is 0 Å². The maximum Gasteiger partial charge on any atom is 0.126 e. The summed E-state index contributed by atoms with van der Waals surface area (Å²) in [6, 6.07) is 15.5. The van der Waals surface area contributed by atoms with Crippen molar-refractivity contribution in [2.24, 2.45) is 5.84 Å². The van der Waals surface area contributed by atoms with Gasteiger partial charge in [0.05, 0.1) is 0 Å². The van der Waals surface area contributed by atoms with Gasteiger partial charge >= 0.3 is 0 Å². The Morgan fingerprint density at radius 2 is 1.90 bits per heavy atom. The van der Waals surface area contributed by atoms with Crippen molar-refractivity contribution in [3.63, 3.8) is 0 Å². The second-order valence-electron chi connectivity index (χ2n) is 5.49. The van der Waals surface area contributed by atoms with Crippen molar-refractivity contribution in [3.8, 4) is 0 Å². The van der Waals surface area contributed by atoms with Crippen molar-refractivity contribution < 1.29 is 4.39 Å². The third-order valence-corrected chi connectivity index (χ3v) is 4.19. The molecule has 2 atom stereocenters.